The molecule has 4 heteroatoms. The van der Waals surface area contributed by atoms with Gasteiger partial charge in [-0.1, -0.05) is 6.92 Å². The number of rotatable bonds is 1. The molecule has 70 valence electrons. The minimum Gasteiger partial charge on any atom is -0.382 e. The van der Waals surface area contributed by atoms with Crippen LogP contribution in [0.25, 0.3) is 0 Å². The molecular weight excluding hydrogens is 232 g/mol. The highest BCUT2D eigenvalue weighted by Crippen LogP contribution is 2.43. The van der Waals surface area contributed by atoms with Gasteiger partial charge in [-0.2, -0.15) is 0 Å². The minimum atomic E-state index is -0.764. The number of aliphatic hydroxyl groups is 1. The van der Waals surface area contributed by atoms with Crippen molar-refractivity contribution in [3.8, 4) is 0 Å². The lowest BCUT2D eigenvalue weighted by molar-refractivity contribution is -0.0810. The zero-order valence-corrected chi connectivity index (χ0v) is 8.95. The first-order valence-corrected chi connectivity index (χ1v) is 5.10. The van der Waals surface area contributed by atoms with Gasteiger partial charge >= 0.3 is 0 Å². The van der Waals surface area contributed by atoms with Crippen LogP contribution in [0, 0.1) is 5.92 Å². The van der Waals surface area contributed by atoms with E-state index in [1.807, 2.05) is 0 Å². The molecule has 1 aliphatic rings. The van der Waals surface area contributed by atoms with E-state index in [4.69, 9.17) is 0 Å². The van der Waals surface area contributed by atoms with E-state index in [-0.39, 0.29) is 0 Å². The topological polar surface area (TPSA) is 46.0 Å². The first-order chi connectivity index (χ1) is 6.10. The Morgan fingerprint density at radius 1 is 1.46 bits per heavy atom. The van der Waals surface area contributed by atoms with Gasteiger partial charge in [0, 0.05) is 12.4 Å². The van der Waals surface area contributed by atoms with Gasteiger partial charge in [0.25, 0.3) is 0 Å². The second-order valence-corrected chi connectivity index (χ2v) is 4.69. The van der Waals surface area contributed by atoms with Gasteiger partial charge in [-0.15, -0.1) is 0 Å². The Balaban J connectivity index is 2.22. The average molecular weight is 243 g/mol. The summed E-state index contributed by atoms with van der Waals surface area (Å²) in [4.78, 5) is 8.20. The molecule has 0 unspecified atom stereocenters. The molecule has 3 nitrogen and oxygen atoms in total. The van der Waals surface area contributed by atoms with Crippen LogP contribution in [-0.4, -0.2) is 15.1 Å². The smallest absolute Gasteiger partial charge is 0.160 e. The second kappa shape index (κ2) is 3.03. The van der Waals surface area contributed by atoms with Gasteiger partial charge in [0.1, 0.15) is 5.60 Å². The monoisotopic (exact) mass is 242 g/mol. The lowest BCUT2D eigenvalue weighted by atomic mass is 9.71. The quantitative estimate of drug-likeness (QED) is 0.818. The molecule has 1 aromatic heterocycles. The summed E-state index contributed by atoms with van der Waals surface area (Å²) in [6, 6.07) is 0. The Bertz CT molecular complexity index is 306. The number of hydrogen-bond acceptors (Lipinski definition) is 3. The van der Waals surface area contributed by atoms with Gasteiger partial charge in [-0.3, -0.25) is 0 Å². The molecule has 1 saturated carbocycles. The molecule has 0 saturated heterocycles. The van der Waals surface area contributed by atoms with Crippen molar-refractivity contribution in [1.29, 1.82) is 0 Å². The molecule has 0 spiro atoms. The predicted octanol–water partition coefficient (Wildman–Crippen LogP) is 1.86. The lowest BCUT2D eigenvalue weighted by Crippen LogP contribution is -2.41. The average Bonchev–Trinajstić information content (AvgIpc) is 2.03. The van der Waals surface area contributed by atoms with Crippen molar-refractivity contribution in [1.82, 2.24) is 9.97 Å². The molecule has 0 aliphatic heterocycles. The Hall–Kier alpha value is -0.480. The van der Waals surface area contributed by atoms with E-state index in [2.05, 4.69) is 32.8 Å². The molecular formula is C9H11BrN2O. The predicted molar refractivity (Wildman–Crippen MR) is 52.0 cm³/mol. The fraction of sp³-hybridized carbons (Fsp3) is 0.556. The van der Waals surface area contributed by atoms with E-state index in [0.717, 1.165) is 17.3 Å². The van der Waals surface area contributed by atoms with Crippen LogP contribution in [0.5, 0.6) is 0 Å². The van der Waals surface area contributed by atoms with Crippen molar-refractivity contribution in [2.24, 2.45) is 5.92 Å². The maximum absolute atomic E-state index is 10.0. The molecule has 1 aromatic rings. The molecule has 1 aliphatic carbocycles. The number of hydrogen-bond donors (Lipinski definition) is 1. The van der Waals surface area contributed by atoms with E-state index in [1.54, 1.807) is 12.4 Å². The van der Waals surface area contributed by atoms with E-state index >= 15 is 0 Å². The number of halogens is 1. The Kier molecular flexibility index (Phi) is 2.12. The van der Waals surface area contributed by atoms with Gasteiger partial charge in [-0.25, -0.2) is 9.97 Å². The van der Waals surface area contributed by atoms with E-state index in [9.17, 15) is 5.11 Å². The van der Waals surface area contributed by atoms with Crippen molar-refractivity contribution >= 4 is 15.9 Å². The summed E-state index contributed by atoms with van der Waals surface area (Å²) in [5, 5.41) is 10.0. The third kappa shape index (κ3) is 1.60. The highest BCUT2D eigenvalue weighted by atomic mass is 79.9. The molecule has 1 fully saturated rings. The summed E-state index contributed by atoms with van der Waals surface area (Å²) in [6.45, 7) is 2.12. The van der Waals surface area contributed by atoms with Crippen LogP contribution >= 0.6 is 15.9 Å². The molecule has 0 amide bonds. The molecule has 2 rings (SSSR count). The fourth-order valence-electron chi connectivity index (χ4n) is 1.83. The van der Waals surface area contributed by atoms with Gasteiger partial charge in [-0.05, 0) is 34.7 Å². The van der Waals surface area contributed by atoms with Crippen LogP contribution in [0.1, 0.15) is 25.6 Å². The maximum Gasteiger partial charge on any atom is 0.160 e. The summed E-state index contributed by atoms with van der Waals surface area (Å²) in [5.74, 6) is 1.13. The molecule has 0 aromatic carbocycles. The highest BCUT2D eigenvalue weighted by Gasteiger charge is 2.43. The van der Waals surface area contributed by atoms with Crippen LogP contribution in [0.15, 0.2) is 16.9 Å². The van der Waals surface area contributed by atoms with Crippen molar-refractivity contribution < 1.29 is 5.11 Å². The zero-order valence-electron chi connectivity index (χ0n) is 7.37. The zero-order chi connectivity index (χ0) is 9.47. The number of aromatic nitrogens is 2. The second-order valence-electron chi connectivity index (χ2n) is 3.77. The third-order valence-electron chi connectivity index (χ3n) is 2.41. The lowest BCUT2D eigenvalue weighted by Gasteiger charge is -2.40. The third-order valence-corrected chi connectivity index (χ3v) is 2.82. The Labute approximate surface area is 85.4 Å². The molecule has 0 bridgehead atoms. The maximum atomic E-state index is 10.0. The van der Waals surface area contributed by atoms with Gasteiger partial charge < -0.3 is 5.11 Å². The van der Waals surface area contributed by atoms with E-state index in [1.165, 1.54) is 0 Å². The SMILES string of the molecule is CC1CC(O)(c2ncc(Br)cn2)C1. The van der Waals surface area contributed by atoms with Crippen LogP contribution in [-0.2, 0) is 5.60 Å². The minimum absolute atomic E-state index is 0.550. The van der Waals surface area contributed by atoms with Crippen molar-refractivity contribution in [2.45, 2.75) is 25.4 Å². The molecule has 0 radical (unpaired) electrons. The Morgan fingerprint density at radius 2 is 2.00 bits per heavy atom. The van der Waals surface area contributed by atoms with Crippen LogP contribution < -0.4 is 0 Å². The van der Waals surface area contributed by atoms with Gasteiger partial charge in [0.05, 0.1) is 4.47 Å². The standard InChI is InChI=1S/C9H11BrN2O/c1-6-2-9(13,3-6)8-11-4-7(10)5-12-8/h4-6,13H,2-3H2,1H3. The summed E-state index contributed by atoms with van der Waals surface area (Å²) in [5.41, 5.74) is -0.764. The normalized spacial score (nSPS) is 32.7. The van der Waals surface area contributed by atoms with E-state index in [0.29, 0.717) is 11.7 Å². The summed E-state index contributed by atoms with van der Waals surface area (Å²) in [6.07, 6.45) is 4.88. The van der Waals surface area contributed by atoms with Gasteiger partial charge in [0.2, 0.25) is 0 Å². The largest absolute Gasteiger partial charge is 0.382 e. The van der Waals surface area contributed by atoms with Crippen molar-refractivity contribution in [3.63, 3.8) is 0 Å². The van der Waals surface area contributed by atoms with Crippen molar-refractivity contribution in [3.05, 3.63) is 22.7 Å². The molecule has 13 heavy (non-hydrogen) atoms. The molecule has 1 N–H and O–H groups in total. The number of nitrogens with zero attached hydrogens (tertiary/aromatic N) is 2. The first-order valence-electron chi connectivity index (χ1n) is 4.30. The van der Waals surface area contributed by atoms with Crippen molar-refractivity contribution in [2.75, 3.05) is 0 Å². The van der Waals surface area contributed by atoms with Crippen LogP contribution in [0.2, 0.25) is 0 Å². The molecule has 1 heterocycles. The first kappa shape index (κ1) is 9.09. The fourth-order valence-corrected chi connectivity index (χ4v) is 2.03. The van der Waals surface area contributed by atoms with Crippen LogP contribution in [0.4, 0.5) is 0 Å². The van der Waals surface area contributed by atoms with Crippen LogP contribution in [0.3, 0.4) is 0 Å². The summed E-state index contributed by atoms with van der Waals surface area (Å²) >= 11 is 3.26. The van der Waals surface area contributed by atoms with Gasteiger partial charge in [0.15, 0.2) is 5.82 Å². The Morgan fingerprint density at radius 3 is 2.46 bits per heavy atom. The summed E-state index contributed by atoms with van der Waals surface area (Å²) in [7, 11) is 0. The highest BCUT2D eigenvalue weighted by molar-refractivity contribution is 9.10. The molecule has 0 atom stereocenters. The summed E-state index contributed by atoms with van der Waals surface area (Å²) < 4.78 is 0.840. The van der Waals surface area contributed by atoms with E-state index < -0.39 is 5.60 Å².